The van der Waals surface area contributed by atoms with Crippen LogP contribution in [0.25, 0.3) is 22.4 Å². The Morgan fingerprint density at radius 3 is 2.16 bits per heavy atom. The molecule has 4 rings (SSSR count). The fourth-order valence-electron chi connectivity index (χ4n) is 5.96. The van der Waals surface area contributed by atoms with E-state index in [1.807, 2.05) is 79.1 Å². The molecule has 0 fully saturated rings. The molecule has 0 saturated carbocycles. The third-order valence-corrected chi connectivity index (χ3v) is 8.14. The number of para-hydroxylation sites is 1. The molecule has 49 heavy (non-hydrogen) atoms. The lowest BCUT2D eigenvalue weighted by Crippen LogP contribution is -2.30. The van der Waals surface area contributed by atoms with Crippen LogP contribution in [0.4, 0.5) is 10.1 Å². The quantitative estimate of drug-likeness (QED) is 0.0500. The molecule has 2 atom stereocenters. The topological polar surface area (TPSA) is 168 Å². The fraction of sp³-hybridized carbons (Fsp3) is 0.342. The molecule has 8 N–H and O–H groups in total. The van der Waals surface area contributed by atoms with Gasteiger partial charge in [0.05, 0.1) is 29.9 Å². The Hall–Kier alpha value is -5.00. The monoisotopic (exact) mass is 670 g/mol. The number of guanidine groups is 1. The van der Waals surface area contributed by atoms with Gasteiger partial charge in [0.25, 0.3) is 5.91 Å². The Labute approximate surface area is 287 Å². The minimum atomic E-state index is -1.05. The van der Waals surface area contributed by atoms with Crippen LogP contribution in [0.3, 0.4) is 0 Å². The number of rotatable bonds is 17. The maximum absolute atomic E-state index is 14.2. The molecule has 0 spiro atoms. The number of aliphatic hydroxyl groups is 2. The summed E-state index contributed by atoms with van der Waals surface area (Å²) in [5, 5.41) is 27.5. The number of carbonyl (C=O) groups excluding carboxylic acids is 2. The van der Waals surface area contributed by atoms with E-state index in [-0.39, 0.29) is 48.8 Å². The van der Waals surface area contributed by atoms with Crippen LogP contribution in [-0.2, 0) is 11.3 Å². The van der Waals surface area contributed by atoms with E-state index in [1.165, 1.54) is 12.1 Å². The van der Waals surface area contributed by atoms with Gasteiger partial charge in [-0.15, -0.1) is 0 Å². The van der Waals surface area contributed by atoms with Gasteiger partial charge < -0.3 is 36.9 Å². The highest BCUT2D eigenvalue weighted by Gasteiger charge is 2.31. The third-order valence-electron chi connectivity index (χ3n) is 8.14. The number of aliphatic hydroxyl groups excluding tert-OH is 2. The predicted octanol–water partition coefficient (Wildman–Crippen LogP) is 5.40. The number of aromatic nitrogens is 1. The first-order valence-electron chi connectivity index (χ1n) is 16.7. The molecule has 10 nitrogen and oxygen atoms in total. The van der Waals surface area contributed by atoms with Crippen LogP contribution in [0.1, 0.15) is 67.9 Å². The highest BCUT2D eigenvalue weighted by molar-refractivity contribution is 6.12. The van der Waals surface area contributed by atoms with Crippen molar-refractivity contribution in [2.75, 3.05) is 18.4 Å². The zero-order valence-electron chi connectivity index (χ0n) is 28.1. The number of hydrogen-bond acceptors (Lipinski definition) is 5. The van der Waals surface area contributed by atoms with Gasteiger partial charge in [-0.1, -0.05) is 62.4 Å². The summed E-state index contributed by atoms with van der Waals surface area (Å²) in [4.78, 5) is 30.5. The zero-order valence-corrected chi connectivity index (χ0v) is 28.1. The normalized spacial score (nSPS) is 12.4. The fourth-order valence-corrected chi connectivity index (χ4v) is 5.96. The van der Waals surface area contributed by atoms with E-state index in [0.29, 0.717) is 54.9 Å². The summed E-state index contributed by atoms with van der Waals surface area (Å²) >= 11 is 0. The number of aliphatic imine (C=N–C) groups is 1. The van der Waals surface area contributed by atoms with Crippen molar-refractivity contribution in [2.24, 2.45) is 16.5 Å². The number of carbonyl (C=O) groups is 2. The van der Waals surface area contributed by atoms with Gasteiger partial charge in [0.2, 0.25) is 5.91 Å². The maximum Gasteiger partial charge on any atom is 0.258 e. The van der Waals surface area contributed by atoms with E-state index in [9.17, 15) is 24.2 Å². The van der Waals surface area contributed by atoms with E-state index in [4.69, 9.17) is 11.5 Å². The number of benzene rings is 3. The summed E-state index contributed by atoms with van der Waals surface area (Å²) in [6.07, 6.45) is -0.507. The number of hydrogen-bond donors (Lipinski definition) is 6. The van der Waals surface area contributed by atoms with E-state index in [1.54, 1.807) is 12.1 Å². The number of nitrogens with one attached hydrogen (secondary N) is 2. The Morgan fingerprint density at radius 2 is 1.53 bits per heavy atom. The van der Waals surface area contributed by atoms with Crippen LogP contribution in [-0.4, -0.2) is 57.9 Å². The van der Waals surface area contributed by atoms with E-state index < -0.39 is 12.2 Å². The van der Waals surface area contributed by atoms with Gasteiger partial charge in [-0.3, -0.25) is 14.6 Å². The third kappa shape index (κ3) is 10.5. The van der Waals surface area contributed by atoms with Crippen molar-refractivity contribution in [2.45, 2.75) is 70.6 Å². The first kappa shape index (κ1) is 36.8. The Bertz CT molecular complexity index is 1690. The zero-order chi connectivity index (χ0) is 35.3. The largest absolute Gasteiger partial charge is 0.393 e. The second-order valence-corrected chi connectivity index (χ2v) is 12.4. The molecule has 3 aromatic carbocycles. The van der Waals surface area contributed by atoms with Gasteiger partial charge in [-0.2, -0.15) is 0 Å². The van der Waals surface area contributed by atoms with Crippen molar-refractivity contribution < 1.29 is 24.2 Å². The van der Waals surface area contributed by atoms with Crippen LogP contribution in [0.5, 0.6) is 0 Å². The van der Waals surface area contributed by atoms with Crippen molar-refractivity contribution >= 4 is 23.5 Å². The van der Waals surface area contributed by atoms with Gasteiger partial charge in [-0.05, 0) is 79.1 Å². The Balaban J connectivity index is 1.61. The minimum Gasteiger partial charge on any atom is -0.393 e. The van der Waals surface area contributed by atoms with Gasteiger partial charge >= 0.3 is 0 Å². The number of nitrogens with two attached hydrogens (primary N) is 2. The van der Waals surface area contributed by atoms with Crippen molar-refractivity contribution in [3.8, 4) is 22.4 Å². The highest BCUT2D eigenvalue weighted by atomic mass is 19.1. The second kappa shape index (κ2) is 18.0. The summed E-state index contributed by atoms with van der Waals surface area (Å²) < 4.78 is 16.2. The Kier molecular flexibility index (Phi) is 13.5. The summed E-state index contributed by atoms with van der Waals surface area (Å²) in [6.45, 7) is 5.22. The lowest BCUT2D eigenvalue weighted by atomic mass is 9.94. The molecule has 1 aromatic heterocycles. The molecule has 0 aliphatic rings. The first-order chi connectivity index (χ1) is 23.5. The first-order valence-corrected chi connectivity index (χ1v) is 16.7. The van der Waals surface area contributed by atoms with Crippen molar-refractivity contribution in [1.82, 2.24) is 9.88 Å². The van der Waals surface area contributed by atoms with Crippen LogP contribution in [0.15, 0.2) is 89.9 Å². The smallest absolute Gasteiger partial charge is 0.258 e. The van der Waals surface area contributed by atoms with Gasteiger partial charge in [-0.25, -0.2) is 4.39 Å². The maximum atomic E-state index is 14.2. The van der Waals surface area contributed by atoms with E-state index >= 15 is 0 Å². The summed E-state index contributed by atoms with van der Waals surface area (Å²) in [6, 6.07) is 25.0. The molecule has 0 unspecified atom stereocenters. The average Bonchev–Trinajstić information content (AvgIpc) is 3.42. The van der Waals surface area contributed by atoms with Crippen molar-refractivity contribution in [1.29, 1.82) is 0 Å². The molecule has 0 bridgehead atoms. The number of nitrogens with zero attached hydrogens (tertiary/aromatic N) is 2. The highest BCUT2D eigenvalue weighted by Crippen LogP contribution is 2.42. The SMILES string of the molecule is CC(C)c1c(C(=O)Nc2ccccc2)c(-c2ccccc2)c(-c2ccc(F)cc2)n1CC[C@@H](O)C[C@@H](O)CC(=O)NCCCCN=C(N)N. The minimum absolute atomic E-state index is 0.00499. The molecule has 1 heterocycles. The Morgan fingerprint density at radius 1 is 0.878 bits per heavy atom. The molecule has 4 aromatic rings. The summed E-state index contributed by atoms with van der Waals surface area (Å²) in [7, 11) is 0. The molecule has 11 heteroatoms. The van der Waals surface area contributed by atoms with Gasteiger partial charge in [0, 0.05) is 36.6 Å². The van der Waals surface area contributed by atoms with Crippen molar-refractivity contribution in [3.05, 3.63) is 102 Å². The van der Waals surface area contributed by atoms with Crippen LogP contribution < -0.4 is 22.1 Å². The van der Waals surface area contributed by atoms with Gasteiger partial charge in [0.15, 0.2) is 5.96 Å². The van der Waals surface area contributed by atoms with E-state index in [0.717, 1.165) is 17.0 Å². The van der Waals surface area contributed by atoms with Crippen LogP contribution in [0.2, 0.25) is 0 Å². The number of halogens is 1. The molecule has 2 amide bonds. The molecular weight excluding hydrogens is 623 g/mol. The number of amides is 2. The van der Waals surface area contributed by atoms with E-state index in [2.05, 4.69) is 15.6 Å². The molecule has 0 saturated heterocycles. The summed E-state index contributed by atoms with van der Waals surface area (Å²) in [5.74, 6) is -1.06. The molecular formula is C38H47FN6O4. The predicted molar refractivity (Wildman–Crippen MR) is 193 cm³/mol. The second-order valence-electron chi connectivity index (χ2n) is 12.4. The standard InChI is InChI=1S/C38H47FN6O4/c1-25(2)35-34(37(49)44-29-13-7-4-8-14-29)33(26-11-5-3-6-12-26)36(27-15-17-28(39)18-16-27)45(35)22-19-30(46)23-31(47)24-32(48)42-20-9-10-21-43-38(40)41/h3-8,11-18,25,30-31,46-47H,9-10,19-24H2,1-2H3,(H,42,48)(H,44,49)(H4,40,41,43)/t30-,31-/m1/s1. The average molecular weight is 671 g/mol. The van der Waals surface area contributed by atoms with Crippen LogP contribution in [0, 0.1) is 5.82 Å². The molecule has 0 aliphatic heterocycles. The molecule has 260 valence electrons. The molecule has 0 radical (unpaired) electrons. The van der Waals surface area contributed by atoms with Gasteiger partial charge in [0.1, 0.15) is 5.82 Å². The lowest BCUT2D eigenvalue weighted by molar-refractivity contribution is -0.123. The number of anilines is 1. The van der Waals surface area contributed by atoms with Crippen molar-refractivity contribution in [3.63, 3.8) is 0 Å². The lowest BCUT2D eigenvalue weighted by Gasteiger charge is -2.20. The molecule has 0 aliphatic carbocycles. The summed E-state index contributed by atoms with van der Waals surface area (Å²) in [5.41, 5.74) is 15.5. The number of unbranched alkanes of at least 4 members (excludes halogenated alkanes) is 1. The van der Waals surface area contributed by atoms with Crippen LogP contribution >= 0.6 is 0 Å².